The maximum atomic E-state index is 15.1. The van der Waals surface area contributed by atoms with E-state index < -0.39 is 0 Å². The highest BCUT2D eigenvalue weighted by molar-refractivity contribution is 5.71. The number of benzene rings is 3. The summed E-state index contributed by atoms with van der Waals surface area (Å²) in [7, 11) is 3.02. The normalized spacial score (nSPS) is 19.1. The second kappa shape index (κ2) is 12.0. The largest absolute Gasteiger partial charge is 0.497 e. The molecule has 0 radical (unpaired) electrons. The Morgan fingerprint density at radius 1 is 1.02 bits per heavy atom. The number of esters is 1. The van der Waals surface area contributed by atoms with Crippen molar-refractivity contribution >= 4 is 5.97 Å². The summed E-state index contributed by atoms with van der Waals surface area (Å²) >= 11 is 0. The van der Waals surface area contributed by atoms with Crippen LogP contribution in [0.2, 0.25) is 0 Å². The van der Waals surface area contributed by atoms with Crippen LogP contribution in [0.3, 0.4) is 0 Å². The molecule has 3 aromatic carbocycles. The zero-order valence-electron chi connectivity index (χ0n) is 23.9. The molecule has 5 rings (SSSR count). The molecule has 0 bridgehead atoms. The third-order valence-corrected chi connectivity index (χ3v) is 8.32. The molecule has 1 aliphatic carbocycles. The van der Waals surface area contributed by atoms with Gasteiger partial charge < -0.3 is 18.9 Å². The van der Waals surface area contributed by atoms with Crippen molar-refractivity contribution < 1.29 is 28.1 Å². The highest BCUT2D eigenvalue weighted by atomic mass is 19.1. The zero-order valence-corrected chi connectivity index (χ0v) is 23.9. The van der Waals surface area contributed by atoms with Gasteiger partial charge in [0.2, 0.25) is 0 Å². The fraction of sp³-hybridized carbons (Fsp3) is 0.441. The third kappa shape index (κ3) is 6.33. The topological polar surface area (TPSA) is 54.0 Å². The van der Waals surface area contributed by atoms with Crippen molar-refractivity contribution in [1.82, 2.24) is 0 Å². The third-order valence-electron chi connectivity index (χ3n) is 8.32. The number of carbonyl (C=O) groups is 1. The van der Waals surface area contributed by atoms with Crippen LogP contribution in [0.5, 0.6) is 11.5 Å². The maximum absolute atomic E-state index is 15.1. The minimum Gasteiger partial charge on any atom is -0.497 e. The summed E-state index contributed by atoms with van der Waals surface area (Å²) in [6, 6.07) is 18.9. The molecule has 0 spiro atoms. The van der Waals surface area contributed by atoms with Gasteiger partial charge in [-0.3, -0.25) is 4.79 Å². The summed E-state index contributed by atoms with van der Waals surface area (Å²) in [6.45, 7) is 5.45. The van der Waals surface area contributed by atoms with Crippen LogP contribution in [-0.4, -0.2) is 26.8 Å². The Labute approximate surface area is 236 Å². The van der Waals surface area contributed by atoms with E-state index in [1.54, 1.807) is 19.2 Å². The first-order chi connectivity index (χ1) is 19.3. The molecule has 2 aliphatic rings. The van der Waals surface area contributed by atoms with Gasteiger partial charge in [-0.05, 0) is 102 Å². The maximum Gasteiger partial charge on any atom is 0.306 e. The van der Waals surface area contributed by atoms with Crippen molar-refractivity contribution in [1.29, 1.82) is 0 Å². The average molecular weight is 547 g/mol. The number of carbonyl (C=O) groups excluding carboxylic acids is 1. The predicted molar refractivity (Wildman–Crippen MR) is 153 cm³/mol. The van der Waals surface area contributed by atoms with Crippen LogP contribution >= 0.6 is 0 Å². The summed E-state index contributed by atoms with van der Waals surface area (Å²) in [6.07, 6.45) is 4.50. The van der Waals surface area contributed by atoms with Gasteiger partial charge in [-0.2, -0.15) is 0 Å². The summed E-state index contributed by atoms with van der Waals surface area (Å²) in [5.74, 6) is 1.54. The first-order valence-electron chi connectivity index (χ1n) is 14.2. The number of halogens is 1. The monoisotopic (exact) mass is 546 g/mol. The Hall–Kier alpha value is -3.38. The van der Waals surface area contributed by atoms with E-state index in [-0.39, 0.29) is 29.2 Å². The highest BCUT2D eigenvalue weighted by Gasteiger charge is 2.37. The van der Waals surface area contributed by atoms with Gasteiger partial charge in [0, 0.05) is 12.2 Å². The van der Waals surface area contributed by atoms with Crippen molar-refractivity contribution in [2.75, 3.05) is 20.8 Å². The summed E-state index contributed by atoms with van der Waals surface area (Å²) in [5, 5.41) is 0. The lowest BCUT2D eigenvalue weighted by atomic mass is 9.75. The molecule has 5 nitrogen and oxygen atoms in total. The Balaban J connectivity index is 1.43. The van der Waals surface area contributed by atoms with Gasteiger partial charge in [-0.15, -0.1) is 0 Å². The van der Waals surface area contributed by atoms with Gasteiger partial charge in [0.25, 0.3) is 0 Å². The van der Waals surface area contributed by atoms with Crippen LogP contribution in [0.25, 0.3) is 11.1 Å². The van der Waals surface area contributed by atoms with E-state index in [1.807, 2.05) is 30.3 Å². The van der Waals surface area contributed by atoms with Crippen molar-refractivity contribution in [3.63, 3.8) is 0 Å². The molecule has 2 fully saturated rings. The molecular formula is C34H39FO5. The van der Waals surface area contributed by atoms with Crippen LogP contribution < -0.4 is 9.47 Å². The molecule has 0 aromatic heterocycles. The van der Waals surface area contributed by atoms with Crippen molar-refractivity contribution in [2.45, 2.75) is 64.6 Å². The van der Waals surface area contributed by atoms with Gasteiger partial charge in [-0.25, -0.2) is 4.39 Å². The highest BCUT2D eigenvalue weighted by Crippen LogP contribution is 2.48. The summed E-state index contributed by atoms with van der Waals surface area (Å²) < 4.78 is 38.1. The van der Waals surface area contributed by atoms with E-state index >= 15 is 4.39 Å². The quantitative estimate of drug-likeness (QED) is 0.241. The standard InChI is InChI=1S/C34H39FO5/c1-34(2)15-6-16-39-33(34)30-17-22(9-13-27(30)29-19-25(37-3)12-14-31(29)35)21-40-26-8-5-7-24(18-26)28(23-10-11-23)20-32(36)38-4/h5,7-9,12-14,17-19,23,28,33H,6,10-11,15-16,20-21H2,1-4H3/t28-,33?/m1/s1. The Bertz CT molecular complexity index is 1350. The van der Waals surface area contributed by atoms with E-state index in [0.29, 0.717) is 36.9 Å². The van der Waals surface area contributed by atoms with E-state index in [4.69, 9.17) is 18.9 Å². The molecule has 2 atom stereocenters. The number of ether oxygens (including phenoxy) is 4. The van der Waals surface area contributed by atoms with Gasteiger partial charge in [-0.1, -0.05) is 38.1 Å². The lowest BCUT2D eigenvalue weighted by Crippen LogP contribution is -2.30. The molecule has 0 amide bonds. The minimum absolute atomic E-state index is 0.104. The first kappa shape index (κ1) is 28.2. The molecule has 1 aliphatic heterocycles. The molecule has 40 heavy (non-hydrogen) atoms. The van der Waals surface area contributed by atoms with Crippen molar-refractivity contribution in [3.8, 4) is 22.6 Å². The van der Waals surface area contributed by atoms with Gasteiger partial charge in [0.15, 0.2) is 0 Å². The molecule has 1 saturated carbocycles. The molecule has 1 heterocycles. The molecule has 3 aromatic rings. The molecule has 0 N–H and O–H groups in total. The van der Waals surface area contributed by atoms with E-state index in [9.17, 15) is 4.79 Å². The second-order valence-electron chi connectivity index (χ2n) is 11.7. The van der Waals surface area contributed by atoms with Crippen molar-refractivity contribution in [3.05, 3.63) is 83.2 Å². The minimum atomic E-state index is -0.298. The zero-order chi connectivity index (χ0) is 28.3. The number of hydrogen-bond acceptors (Lipinski definition) is 5. The number of hydrogen-bond donors (Lipinski definition) is 0. The second-order valence-corrected chi connectivity index (χ2v) is 11.7. The molecular weight excluding hydrogens is 507 g/mol. The molecule has 1 unspecified atom stereocenters. The average Bonchev–Trinajstić information content (AvgIpc) is 3.80. The van der Waals surface area contributed by atoms with E-state index in [0.717, 1.165) is 53.7 Å². The lowest BCUT2D eigenvalue weighted by molar-refractivity contribution is -0.141. The Kier molecular flexibility index (Phi) is 8.46. The van der Waals surface area contributed by atoms with E-state index in [1.165, 1.54) is 13.2 Å². The molecule has 6 heteroatoms. The fourth-order valence-corrected chi connectivity index (χ4v) is 5.92. The molecule has 212 valence electrons. The SMILES string of the molecule is COC(=O)C[C@@H](c1cccc(OCc2ccc(-c3cc(OC)ccc3F)c(C3OCCCC3(C)C)c2)c1)C1CC1. The van der Waals surface area contributed by atoms with Gasteiger partial charge in [0.1, 0.15) is 23.9 Å². The lowest BCUT2D eigenvalue weighted by Gasteiger charge is -2.39. The fourth-order valence-electron chi connectivity index (χ4n) is 5.92. The Morgan fingerprint density at radius 2 is 1.85 bits per heavy atom. The van der Waals surface area contributed by atoms with Crippen LogP contribution in [0, 0.1) is 17.2 Å². The van der Waals surface area contributed by atoms with Crippen molar-refractivity contribution in [2.24, 2.45) is 11.3 Å². The van der Waals surface area contributed by atoms with Crippen LogP contribution in [0.1, 0.15) is 74.7 Å². The van der Waals surface area contributed by atoms with Crippen LogP contribution in [0.15, 0.2) is 60.7 Å². The molecule has 1 saturated heterocycles. The smallest absolute Gasteiger partial charge is 0.306 e. The Morgan fingerprint density at radius 3 is 2.58 bits per heavy atom. The van der Waals surface area contributed by atoms with Crippen LogP contribution in [0.4, 0.5) is 4.39 Å². The number of rotatable bonds is 10. The number of methoxy groups -OCH3 is 2. The van der Waals surface area contributed by atoms with Crippen LogP contribution in [-0.2, 0) is 20.9 Å². The summed E-state index contributed by atoms with van der Waals surface area (Å²) in [5.41, 5.74) is 4.23. The van der Waals surface area contributed by atoms with Gasteiger partial charge >= 0.3 is 5.97 Å². The van der Waals surface area contributed by atoms with E-state index in [2.05, 4.69) is 26.0 Å². The summed E-state index contributed by atoms with van der Waals surface area (Å²) in [4.78, 5) is 12.0. The van der Waals surface area contributed by atoms with Gasteiger partial charge in [0.05, 0.1) is 26.7 Å². The first-order valence-corrected chi connectivity index (χ1v) is 14.2. The predicted octanol–water partition coefficient (Wildman–Crippen LogP) is 8.01.